The number of benzene rings is 1. The predicted octanol–water partition coefficient (Wildman–Crippen LogP) is 2.32. The molecule has 2 rings (SSSR count). The Morgan fingerprint density at radius 1 is 1.35 bits per heavy atom. The van der Waals surface area contributed by atoms with Crippen LogP contribution in [-0.2, 0) is 6.54 Å². The Bertz CT molecular complexity index is 436. The molecule has 1 aromatic rings. The van der Waals surface area contributed by atoms with Crippen molar-refractivity contribution in [3.05, 3.63) is 23.8 Å². The summed E-state index contributed by atoms with van der Waals surface area (Å²) in [4.78, 5) is 4.90. The number of rotatable bonds is 4. The molecule has 1 saturated heterocycles. The molecular weight excluding hydrogens is 252 g/mol. The number of phenolic OH excluding ortho intramolecular Hbond substituents is 1. The van der Waals surface area contributed by atoms with E-state index in [0.29, 0.717) is 17.5 Å². The minimum atomic E-state index is 0.330. The van der Waals surface area contributed by atoms with Crippen LogP contribution in [0, 0.1) is 0 Å². The van der Waals surface area contributed by atoms with Crippen LogP contribution in [-0.4, -0.2) is 54.7 Å². The molecule has 0 bridgehead atoms. The number of likely N-dealkylation sites (N-methyl/N-ethyl adjacent to an activating group) is 1. The van der Waals surface area contributed by atoms with Crippen molar-refractivity contribution in [2.24, 2.45) is 0 Å². The standard InChI is InChI=1S/C16H26N2O2/c1-4-14-12-17(2)8-5-9-18(14)11-13-6-7-15(20-3)10-16(13)19/h6-7,10,14,19H,4-5,8-9,11-12H2,1-3H3. The van der Waals surface area contributed by atoms with E-state index in [-0.39, 0.29) is 0 Å². The van der Waals surface area contributed by atoms with E-state index in [1.165, 1.54) is 6.42 Å². The van der Waals surface area contributed by atoms with Gasteiger partial charge in [0.05, 0.1) is 7.11 Å². The first-order chi connectivity index (χ1) is 9.63. The van der Waals surface area contributed by atoms with Crippen LogP contribution in [0.15, 0.2) is 18.2 Å². The van der Waals surface area contributed by atoms with Crippen LogP contribution in [0.5, 0.6) is 11.5 Å². The summed E-state index contributed by atoms with van der Waals surface area (Å²) in [5.41, 5.74) is 0.980. The maximum absolute atomic E-state index is 10.1. The zero-order chi connectivity index (χ0) is 14.5. The van der Waals surface area contributed by atoms with Crippen LogP contribution in [0.1, 0.15) is 25.3 Å². The lowest BCUT2D eigenvalue weighted by atomic mass is 10.1. The molecule has 1 aromatic carbocycles. The quantitative estimate of drug-likeness (QED) is 0.917. The number of ether oxygens (including phenoxy) is 1. The molecule has 1 aliphatic rings. The van der Waals surface area contributed by atoms with E-state index in [4.69, 9.17) is 4.74 Å². The Hall–Kier alpha value is -1.26. The molecule has 0 aliphatic carbocycles. The molecule has 0 aromatic heterocycles. The molecule has 1 atom stereocenters. The van der Waals surface area contributed by atoms with Gasteiger partial charge in [0.2, 0.25) is 0 Å². The van der Waals surface area contributed by atoms with Gasteiger partial charge < -0.3 is 14.7 Å². The van der Waals surface area contributed by atoms with Crippen LogP contribution in [0.3, 0.4) is 0 Å². The van der Waals surface area contributed by atoms with E-state index in [0.717, 1.165) is 38.2 Å². The maximum atomic E-state index is 10.1. The molecule has 0 spiro atoms. The molecule has 112 valence electrons. The minimum absolute atomic E-state index is 0.330. The van der Waals surface area contributed by atoms with Gasteiger partial charge in [-0.15, -0.1) is 0 Å². The second-order valence-electron chi connectivity index (χ2n) is 5.64. The molecule has 0 saturated carbocycles. The molecule has 4 heteroatoms. The molecule has 20 heavy (non-hydrogen) atoms. The Morgan fingerprint density at radius 3 is 2.80 bits per heavy atom. The second-order valence-corrected chi connectivity index (χ2v) is 5.64. The summed E-state index contributed by atoms with van der Waals surface area (Å²) < 4.78 is 5.14. The van der Waals surface area contributed by atoms with Crippen LogP contribution in [0.2, 0.25) is 0 Å². The maximum Gasteiger partial charge on any atom is 0.123 e. The highest BCUT2D eigenvalue weighted by Crippen LogP contribution is 2.26. The van der Waals surface area contributed by atoms with Gasteiger partial charge in [-0.2, -0.15) is 0 Å². The second kappa shape index (κ2) is 6.95. The Labute approximate surface area is 122 Å². The lowest BCUT2D eigenvalue weighted by Crippen LogP contribution is -2.39. The fraction of sp³-hybridized carbons (Fsp3) is 0.625. The highest BCUT2D eigenvalue weighted by molar-refractivity contribution is 5.39. The van der Waals surface area contributed by atoms with E-state index >= 15 is 0 Å². The summed E-state index contributed by atoms with van der Waals surface area (Å²) in [6, 6.07) is 6.14. The zero-order valence-corrected chi connectivity index (χ0v) is 12.8. The number of hydrogen-bond acceptors (Lipinski definition) is 4. The van der Waals surface area contributed by atoms with Crippen LogP contribution >= 0.6 is 0 Å². The fourth-order valence-corrected chi connectivity index (χ4v) is 2.91. The van der Waals surface area contributed by atoms with Gasteiger partial charge >= 0.3 is 0 Å². The molecule has 1 aliphatic heterocycles. The Morgan fingerprint density at radius 2 is 2.15 bits per heavy atom. The largest absolute Gasteiger partial charge is 0.507 e. The Balaban J connectivity index is 2.10. The monoisotopic (exact) mass is 278 g/mol. The van der Waals surface area contributed by atoms with E-state index in [2.05, 4.69) is 23.8 Å². The molecule has 1 heterocycles. The summed E-state index contributed by atoms with van der Waals surface area (Å²) in [6.07, 6.45) is 2.32. The lowest BCUT2D eigenvalue weighted by Gasteiger charge is -2.30. The number of phenols is 1. The zero-order valence-electron chi connectivity index (χ0n) is 12.8. The number of methoxy groups -OCH3 is 1. The van der Waals surface area contributed by atoms with E-state index in [1.54, 1.807) is 13.2 Å². The molecule has 4 nitrogen and oxygen atoms in total. The van der Waals surface area contributed by atoms with Gasteiger partial charge in [-0.3, -0.25) is 4.90 Å². The van der Waals surface area contributed by atoms with Gasteiger partial charge in [-0.1, -0.05) is 13.0 Å². The SMILES string of the molecule is CCC1CN(C)CCCN1Cc1ccc(OC)cc1O. The summed E-state index contributed by atoms with van der Waals surface area (Å²) in [7, 11) is 3.81. The normalized spacial score (nSPS) is 21.6. The van der Waals surface area contributed by atoms with Crippen molar-refractivity contribution in [3.63, 3.8) is 0 Å². The van der Waals surface area contributed by atoms with Gasteiger partial charge in [0.25, 0.3) is 0 Å². The van der Waals surface area contributed by atoms with Gasteiger partial charge in [0.1, 0.15) is 11.5 Å². The third kappa shape index (κ3) is 3.64. The van der Waals surface area contributed by atoms with E-state index < -0.39 is 0 Å². The van der Waals surface area contributed by atoms with Crippen molar-refractivity contribution >= 4 is 0 Å². The van der Waals surface area contributed by atoms with Crippen molar-refractivity contribution in [1.82, 2.24) is 9.80 Å². The summed E-state index contributed by atoms with van der Waals surface area (Å²) in [5, 5.41) is 10.1. The third-order valence-corrected chi connectivity index (χ3v) is 4.16. The number of aromatic hydroxyl groups is 1. The molecule has 1 fully saturated rings. The average molecular weight is 278 g/mol. The highest BCUT2D eigenvalue weighted by atomic mass is 16.5. The average Bonchev–Trinajstić information content (AvgIpc) is 2.62. The molecule has 1 unspecified atom stereocenters. The van der Waals surface area contributed by atoms with Crippen molar-refractivity contribution in [1.29, 1.82) is 0 Å². The summed E-state index contributed by atoms with van der Waals surface area (Å²) in [6.45, 7) is 6.40. The third-order valence-electron chi connectivity index (χ3n) is 4.16. The van der Waals surface area contributed by atoms with E-state index in [1.807, 2.05) is 12.1 Å². The smallest absolute Gasteiger partial charge is 0.123 e. The number of nitrogens with zero attached hydrogens (tertiary/aromatic N) is 2. The topological polar surface area (TPSA) is 35.9 Å². The van der Waals surface area contributed by atoms with E-state index in [9.17, 15) is 5.11 Å². The van der Waals surface area contributed by atoms with Gasteiger partial charge in [-0.05, 0) is 32.5 Å². The molecule has 1 N–H and O–H groups in total. The predicted molar refractivity (Wildman–Crippen MR) is 81.3 cm³/mol. The Kier molecular flexibility index (Phi) is 5.26. The number of hydrogen-bond donors (Lipinski definition) is 1. The van der Waals surface area contributed by atoms with Crippen LogP contribution in [0.4, 0.5) is 0 Å². The molecular formula is C16H26N2O2. The summed E-state index contributed by atoms with van der Waals surface area (Å²) >= 11 is 0. The van der Waals surface area contributed by atoms with Crippen LogP contribution in [0.25, 0.3) is 0 Å². The first-order valence-corrected chi connectivity index (χ1v) is 7.42. The molecule has 0 radical (unpaired) electrons. The summed E-state index contributed by atoms with van der Waals surface area (Å²) in [5.74, 6) is 1.03. The molecule has 0 amide bonds. The van der Waals surface area contributed by atoms with Crippen molar-refractivity contribution in [3.8, 4) is 11.5 Å². The van der Waals surface area contributed by atoms with Gasteiger partial charge in [0, 0.05) is 37.3 Å². The van der Waals surface area contributed by atoms with Gasteiger partial charge in [0.15, 0.2) is 0 Å². The van der Waals surface area contributed by atoms with Gasteiger partial charge in [-0.25, -0.2) is 0 Å². The minimum Gasteiger partial charge on any atom is -0.507 e. The van der Waals surface area contributed by atoms with Crippen molar-refractivity contribution < 1.29 is 9.84 Å². The first kappa shape index (κ1) is 15.1. The van der Waals surface area contributed by atoms with Crippen molar-refractivity contribution in [2.75, 3.05) is 33.8 Å². The fourth-order valence-electron chi connectivity index (χ4n) is 2.91. The van der Waals surface area contributed by atoms with Crippen LogP contribution < -0.4 is 4.74 Å². The van der Waals surface area contributed by atoms with Crippen molar-refractivity contribution in [2.45, 2.75) is 32.4 Å². The first-order valence-electron chi connectivity index (χ1n) is 7.42. The highest BCUT2D eigenvalue weighted by Gasteiger charge is 2.22. The lowest BCUT2D eigenvalue weighted by molar-refractivity contribution is 0.174.